The van der Waals surface area contributed by atoms with Gasteiger partial charge in [-0.25, -0.2) is 4.98 Å². The maximum absolute atomic E-state index is 11.8. The lowest BCUT2D eigenvalue weighted by Gasteiger charge is -2.07. The lowest BCUT2D eigenvalue weighted by Crippen LogP contribution is -2.26. The largest absolute Gasteiger partial charge is 0.508 e. The summed E-state index contributed by atoms with van der Waals surface area (Å²) < 4.78 is 1.87. The summed E-state index contributed by atoms with van der Waals surface area (Å²) in [7, 11) is 1.88. The number of amides is 1. The van der Waals surface area contributed by atoms with E-state index in [2.05, 4.69) is 10.3 Å². The van der Waals surface area contributed by atoms with Gasteiger partial charge < -0.3 is 20.1 Å². The number of rotatable bonds is 4. The predicted octanol–water partition coefficient (Wildman–Crippen LogP) is 0.804. The molecule has 100 valence electrons. The molecule has 0 aliphatic heterocycles. The average molecular weight is 261 g/mol. The van der Waals surface area contributed by atoms with Crippen molar-refractivity contribution < 1.29 is 15.0 Å². The van der Waals surface area contributed by atoms with Crippen molar-refractivity contribution in [3.05, 3.63) is 42.0 Å². The minimum atomic E-state index is -0.428. The van der Waals surface area contributed by atoms with Gasteiger partial charge in [0, 0.05) is 32.4 Å². The maximum atomic E-state index is 11.8. The molecule has 0 fully saturated rings. The van der Waals surface area contributed by atoms with E-state index in [1.165, 1.54) is 18.2 Å². The van der Waals surface area contributed by atoms with Crippen LogP contribution >= 0.6 is 0 Å². The summed E-state index contributed by atoms with van der Waals surface area (Å²) in [6.07, 6.45) is 4.12. The first kappa shape index (κ1) is 12.9. The molecule has 1 amide bonds. The number of imidazole rings is 1. The normalized spacial score (nSPS) is 10.4. The second-order valence-corrected chi connectivity index (χ2v) is 4.16. The topological polar surface area (TPSA) is 87.4 Å². The van der Waals surface area contributed by atoms with Gasteiger partial charge in [0.1, 0.15) is 17.3 Å². The van der Waals surface area contributed by atoms with Crippen molar-refractivity contribution in [2.75, 3.05) is 6.54 Å². The molecule has 0 saturated heterocycles. The molecule has 0 unspecified atom stereocenters. The molecule has 0 saturated carbocycles. The van der Waals surface area contributed by atoms with Crippen LogP contribution in [0.15, 0.2) is 30.6 Å². The van der Waals surface area contributed by atoms with E-state index in [1.54, 1.807) is 6.20 Å². The monoisotopic (exact) mass is 261 g/mol. The van der Waals surface area contributed by atoms with Gasteiger partial charge in [0.05, 0.1) is 5.56 Å². The molecule has 2 aromatic rings. The van der Waals surface area contributed by atoms with Crippen LogP contribution in [0.3, 0.4) is 0 Å². The third kappa shape index (κ3) is 3.04. The Bertz CT molecular complexity index is 593. The molecule has 0 bridgehead atoms. The van der Waals surface area contributed by atoms with Crippen molar-refractivity contribution >= 4 is 5.91 Å². The van der Waals surface area contributed by atoms with E-state index in [9.17, 15) is 15.0 Å². The fourth-order valence-corrected chi connectivity index (χ4v) is 1.73. The number of carbonyl (C=O) groups excluding carboxylic acids is 1. The van der Waals surface area contributed by atoms with E-state index in [1.807, 2.05) is 17.8 Å². The van der Waals surface area contributed by atoms with Gasteiger partial charge in [-0.2, -0.15) is 0 Å². The van der Waals surface area contributed by atoms with Gasteiger partial charge in [0.2, 0.25) is 0 Å². The number of aryl methyl sites for hydroxylation is 1. The van der Waals surface area contributed by atoms with Gasteiger partial charge in [-0.15, -0.1) is 0 Å². The fourth-order valence-electron chi connectivity index (χ4n) is 1.73. The number of phenols is 2. The summed E-state index contributed by atoms with van der Waals surface area (Å²) in [5, 5.41) is 21.5. The molecule has 0 radical (unpaired) electrons. The van der Waals surface area contributed by atoms with E-state index in [-0.39, 0.29) is 17.1 Å². The zero-order valence-corrected chi connectivity index (χ0v) is 10.5. The third-order valence-electron chi connectivity index (χ3n) is 2.78. The van der Waals surface area contributed by atoms with Crippen LogP contribution in [-0.4, -0.2) is 32.2 Å². The van der Waals surface area contributed by atoms with Crippen molar-refractivity contribution in [2.24, 2.45) is 7.05 Å². The summed E-state index contributed by atoms with van der Waals surface area (Å²) in [5.41, 5.74) is 0.0554. The van der Waals surface area contributed by atoms with Crippen LogP contribution < -0.4 is 5.32 Å². The first-order valence-electron chi connectivity index (χ1n) is 5.84. The predicted molar refractivity (Wildman–Crippen MR) is 69.0 cm³/mol. The SMILES string of the molecule is Cn1ccnc1CCNC(=O)c1cc(O)ccc1O. The zero-order valence-electron chi connectivity index (χ0n) is 10.5. The van der Waals surface area contributed by atoms with Crippen molar-refractivity contribution in [3.8, 4) is 11.5 Å². The van der Waals surface area contributed by atoms with E-state index in [0.717, 1.165) is 5.82 Å². The lowest BCUT2D eigenvalue weighted by atomic mass is 10.1. The Morgan fingerprint density at radius 2 is 2.21 bits per heavy atom. The number of nitrogens with zero attached hydrogens (tertiary/aromatic N) is 2. The summed E-state index contributed by atoms with van der Waals surface area (Å²) >= 11 is 0. The van der Waals surface area contributed by atoms with Crippen LogP contribution in [0.2, 0.25) is 0 Å². The number of hydrogen-bond acceptors (Lipinski definition) is 4. The van der Waals surface area contributed by atoms with E-state index in [0.29, 0.717) is 13.0 Å². The summed E-state index contributed by atoms with van der Waals surface area (Å²) in [5.74, 6) is 0.211. The number of aromatic hydroxyl groups is 2. The lowest BCUT2D eigenvalue weighted by molar-refractivity contribution is 0.0951. The highest BCUT2D eigenvalue weighted by atomic mass is 16.3. The molecule has 0 spiro atoms. The second-order valence-electron chi connectivity index (χ2n) is 4.16. The summed E-state index contributed by atoms with van der Waals surface area (Å²) in [6, 6.07) is 3.83. The molecule has 3 N–H and O–H groups in total. The number of benzene rings is 1. The van der Waals surface area contributed by atoms with Crippen LogP contribution in [0, 0.1) is 0 Å². The highest BCUT2D eigenvalue weighted by Crippen LogP contribution is 2.21. The average Bonchev–Trinajstić information content (AvgIpc) is 2.78. The van der Waals surface area contributed by atoms with Crippen molar-refractivity contribution in [1.82, 2.24) is 14.9 Å². The molecular weight excluding hydrogens is 246 g/mol. The van der Waals surface area contributed by atoms with Crippen LogP contribution in [0.25, 0.3) is 0 Å². The molecule has 1 aromatic carbocycles. The van der Waals surface area contributed by atoms with E-state index >= 15 is 0 Å². The smallest absolute Gasteiger partial charge is 0.255 e. The van der Waals surface area contributed by atoms with Crippen molar-refractivity contribution in [3.63, 3.8) is 0 Å². The van der Waals surface area contributed by atoms with Crippen LogP contribution in [0.1, 0.15) is 16.2 Å². The Hall–Kier alpha value is -2.50. The van der Waals surface area contributed by atoms with Gasteiger partial charge in [0.25, 0.3) is 5.91 Å². The molecule has 0 aliphatic rings. The first-order valence-corrected chi connectivity index (χ1v) is 5.84. The van der Waals surface area contributed by atoms with E-state index in [4.69, 9.17) is 0 Å². The molecule has 0 atom stereocenters. The van der Waals surface area contributed by atoms with Crippen LogP contribution in [-0.2, 0) is 13.5 Å². The Balaban J connectivity index is 1.94. The number of phenolic OH excluding ortho intramolecular Hbond substituents is 2. The van der Waals surface area contributed by atoms with Crippen LogP contribution in [0.5, 0.6) is 11.5 Å². The molecule has 1 heterocycles. The molecule has 2 rings (SSSR count). The molecular formula is C13H15N3O3. The Labute approximate surface area is 110 Å². The van der Waals surface area contributed by atoms with Gasteiger partial charge in [-0.05, 0) is 18.2 Å². The number of carbonyl (C=O) groups is 1. The van der Waals surface area contributed by atoms with Gasteiger partial charge in [-0.3, -0.25) is 4.79 Å². The standard InChI is InChI=1S/C13H15N3O3/c1-16-7-6-14-12(16)4-5-15-13(19)10-8-9(17)2-3-11(10)18/h2-3,6-8,17-18H,4-5H2,1H3,(H,15,19). The molecule has 1 aromatic heterocycles. The Kier molecular flexibility index (Phi) is 3.70. The van der Waals surface area contributed by atoms with Gasteiger partial charge in [-0.1, -0.05) is 0 Å². The molecule has 0 aliphatic carbocycles. The molecule has 6 nitrogen and oxygen atoms in total. The quantitative estimate of drug-likeness (QED) is 0.710. The third-order valence-corrected chi connectivity index (χ3v) is 2.78. The zero-order chi connectivity index (χ0) is 13.8. The van der Waals surface area contributed by atoms with Gasteiger partial charge in [0.15, 0.2) is 0 Å². The maximum Gasteiger partial charge on any atom is 0.255 e. The number of aromatic nitrogens is 2. The van der Waals surface area contributed by atoms with Crippen molar-refractivity contribution in [2.45, 2.75) is 6.42 Å². The minimum absolute atomic E-state index is 0.0554. The van der Waals surface area contributed by atoms with Crippen LogP contribution in [0.4, 0.5) is 0 Å². The molecule has 19 heavy (non-hydrogen) atoms. The van der Waals surface area contributed by atoms with E-state index < -0.39 is 5.91 Å². The minimum Gasteiger partial charge on any atom is -0.508 e. The Morgan fingerprint density at radius 1 is 1.42 bits per heavy atom. The van der Waals surface area contributed by atoms with Gasteiger partial charge >= 0.3 is 0 Å². The number of nitrogens with one attached hydrogen (secondary N) is 1. The fraction of sp³-hybridized carbons (Fsp3) is 0.231. The summed E-state index contributed by atoms with van der Waals surface area (Å²) in [4.78, 5) is 16.0. The first-order chi connectivity index (χ1) is 9.08. The van der Waals surface area contributed by atoms with Crippen molar-refractivity contribution in [1.29, 1.82) is 0 Å². The highest BCUT2D eigenvalue weighted by Gasteiger charge is 2.11. The molecule has 6 heteroatoms. The summed E-state index contributed by atoms with van der Waals surface area (Å²) in [6.45, 7) is 0.402. The highest BCUT2D eigenvalue weighted by molar-refractivity contribution is 5.97. The number of hydrogen-bond donors (Lipinski definition) is 3. The Morgan fingerprint density at radius 3 is 2.89 bits per heavy atom. The second kappa shape index (κ2) is 5.43.